The molecule has 0 aliphatic carbocycles. The zero-order valence-electron chi connectivity index (χ0n) is 12.8. The van der Waals surface area contributed by atoms with Gasteiger partial charge in [0.2, 0.25) is 0 Å². The normalized spacial score (nSPS) is 19.4. The number of nitrogens with one attached hydrogen (secondary N) is 1. The molecule has 1 aliphatic heterocycles. The first kappa shape index (κ1) is 16.6. The Morgan fingerprint density at radius 3 is 2.67 bits per heavy atom. The molecular weight excluding hydrogens is 340 g/mol. The van der Waals surface area contributed by atoms with Crippen molar-refractivity contribution in [2.75, 3.05) is 16.8 Å². The number of rotatable bonds is 3. The van der Waals surface area contributed by atoms with Gasteiger partial charge < -0.3 is 5.32 Å². The van der Waals surface area contributed by atoms with Crippen molar-refractivity contribution in [3.63, 3.8) is 0 Å². The number of carbonyl (C=O) groups excluding carboxylic acids is 1. The SMILES string of the molecule is Cc1cc(NC(=O)c2ccc(F)c(F)c2)n(C2CCS(=O)(=O)C2)n1. The molecule has 1 saturated heterocycles. The molecule has 1 unspecified atom stereocenters. The Morgan fingerprint density at radius 2 is 2.04 bits per heavy atom. The zero-order chi connectivity index (χ0) is 17.5. The van der Waals surface area contributed by atoms with Crippen molar-refractivity contribution in [3.05, 3.63) is 47.2 Å². The summed E-state index contributed by atoms with van der Waals surface area (Å²) in [7, 11) is -3.11. The van der Waals surface area contributed by atoms with Gasteiger partial charge in [0, 0.05) is 11.6 Å². The molecule has 1 fully saturated rings. The quantitative estimate of drug-likeness (QED) is 0.914. The number of halogens is 2. The average molecular weight is 355 g/mol. The maximum absolute atomic E-state index is 13.3. The third kappa shape index (κ3) is 3.30. The highest BCUT2D eigenvalue weighted by atomic mass is 32.2. The van der Waals surface area contributed by atoms with Gasteiger partial charge in [-0.05, 0) is 31.5 Å². The molecule has 0 radical (unpaired) electrons. The average Bonchev–Trinajstić information content (AvgIpc) is 3.04. The number of hydrogen-bond donors (Lipinski definition) is 1. The van der Waals surface area contributed by atoms with Crippen LogP contribution in [0.25, 0.3) is 0 Å². The zero-order valence-corrected chi connectivity index (χ0v) is 13.6. The largest absolute Gasteiger partial charge is 0.307 e. The highest BCUT2D eigenvalue weighted by Crippen LogP contribution is 2.27. The third-order valence-electron chi connectivity index (χ3n) is 3.84. The number of aryl methyl sites for hydroxylation is 1. The lowest BCUT2D eigenvalue weighted by Crippen LogP contribution is -2.19. The molecule has 1 atom stereocenters. The molecule has 128 valence electrons. The van der Waals surface area contributed by atoms with Gasteiger partial charge in [0.05, 0.1) is 23.2 Å². The number of anilines is 1. The molecule has 6 nitrogen and oxygen atoms in total. The summed E-state index contributed by atoms with van der Waals surface area (Å²) in [5.41, 5.74) is 0.568. The Hall–Kier alpha value is -2.29. The lowest BCUT2D eigenvalue weighted by Gasteiger charge is -2.13. The second-order valence-electron chi connectivity index (χ2n) is 5.76. The van der Waals surface area contributed by atoms with E-state index >= 15 is 0 Å². The summed E-state index contributed by atoms with van der Waals surface area (Å²) in [5, 5.41) is 6.82. The van der Waals surface area contributed by atoms with Gasteiger partial charge in [-0.25, -0.2) is 21.9 Å². The van der Waals surface area contributed by atoms with E-state index in [-0.39, 0.29) is 23.1 Å². The van der Waals surface area contributed by atoms with Crippen LogP contribution in [0.4, 0.5) is 14.6 Å². The number of aromatic nitrogens is 2. The number of hydrogen-bond acceptors (Lipinski definition) is 4. The Labute approximate surface area is 137 Å². The number of benzene rings is 1. The number of carbonyl (C=O) groups is 1. The first-order valence-electron chi connectivity index (χ1n) is 7.28. The van der Waals surface area contributed by atoms with E-state index in [0.717, 1.165) is 12.1 Å². The maximum Gasteiger partial charge on any atom is 0.256 e. The minimum atomic E-state index is -3.11. The molecule has 2 heterocycles. The van der Waals surface area contributed by atoms with E-state index in [1.165, 1.54) is 10.7 Å². The molecule has 1 aliphatic rings. The van der Waals surface area contributed by atoms with Crippen LogP contribution in [0.2, 0.25) is 0 Å². The maximum atomic E-state index is 13.3. The van der Waals surface area contributed by atoms with Crippen LogP contribution in [0.5, 0.6) is 0 Å². The van der Waals surface area contributed by atoms with E-state index < -0.39 is 27.4 Å². The van der Waals surface area contributed by atoms with Crippen molar-refractivity contribution in [1.29, 1.82) is 0 Å². The molecule has 1 aromatic heterocycles. The Morgan fingerprint density at radius 1 is 1.29 bits per heavy atom. The van der Waals surface area contributed by atoms with Gasteiger partial charge in [-0.1, -0.05) is 0 Å². The van der Waals surface area contributed by atoms with Crippen LogP contribution in [-0.4, -0.2) is 35.6 Å². The first-order chi connectivity index (χ1) is 11.2. The lowest BCUT2D eigenvalue weighted by molar-refractivity contribution is 0.102. The fraction of sp³-hybridized carbons (Fsp3) is 0.333. The van der Waals surface area contributed by atoms with Gasteiger partial charge in [-0.3, -0.25) is 4.79 Å². The van der Waals surface area contributed by atoms with E-state index in [9.17, 15) is 22.0 Å². The molecule has 0 spiro atoms. The van der Waals surface area contributed by atoms with E-state index in [0.29, 0.717) is 17.9 Å². The number of amides is 1. The van der Waals surface area contributed by atoms with Crippen molar-refractivity contribution < 1.29 is 22.0 Å². The van der Waals surface area contributed by atoms with Crippen LogP contribution < -0.4 is 5.32 Å². The molecule has 24 heavy (non-hydrogen) atoms. The first-order valence-corrected chi connectivity index (χ1v) is 9.10. The predicted octanol–water partition coefficient (Wildman–Crippen LogP) is 2.08. The van der Waals surface area contributed by atoms with E-state index in [1.807, 2.05) is 0 Å². The molecule has 3 rings (SSSR count). The minimum Gasteiger partial charge on any atom is -0.307 e. The topological polar surface area (TPSA) is 81.1 Å². The summed E-state index contributed by atoms with van der Waals surface area (Å²) < 4.78 is 51.0. The molecule has 2 aromatic rings. The van der Waals surface area contributed by atoms with Gasteiger partial charge in [-0.15, -0.1) is 0 Å². The summed E-state index contributed by atoms with van der Waals surface area (Å²) in [4.78, 5) is 12.2. The second-order valence-corrected chi connectivity index (χ2v) is 7.98. The fourth-order valence-electron chi connectivity index (χ4n) is 2.68. The molecular formula is C15H15F2N3O3S. The molecule has 9 heteroatoms. The minimum absolute atomic E-state index is 0.0395. The van der Waals surface area contributed by atoms with Crippen LogP contribution >= 0.6 is 0 Å². The van der Waals surface area contributed by atoms with Crippen LogP contribution in [0.15, 0.2) is 24.3 Å². The van der Waals surface area contributed by atoms with Crippen molar-refractivity contribution >= 4 is 21.6 Å². The molecule has 1 aromatic carbocycles. The highest BCUT2D eigenvalue weighted by molar-refractivity contribution is 7.91. The summed E-state index contributed by atoms with van der Waals surface area (Å²) >= 11 is 0. The summed E-state index contributed by atoms with van der Waals surface area (Å²) in [5.74, 6) is -2.42. The van der Waals surface area contributed by atoms with Crippen LogP contribution in [0.3, 0.4) is 0 Å². The van der Waals surface area contributed by atoms with E-state index in [1.54, 1.807) is 13.0 Å². The van der Waals surface area contributed by atoms with Crippen LogP contribution in [0.1, 0.15) is 28.5 Å². The summed E-state index contributed by atoms with van der Waals surface area (Å²) in [6, 6.07) is 4.09. The van der Waals surface area contributed by atoms with Crippen molar-refractivity contribution in [2.45, 2.75) is 19.4 Å². The predicted molar refractivity (Wildman–Crippen MR) is 83.6 cm³/mol. The molecule has 0 bridgehead atoms. The van der Waals surface area contributed by atoms with E-state index in [4.69, 9.17) is 0 Å². The monoisotopic (exact) mass is 355 g/mol. The summed E-state index contributed by atoms with van der Waals surface area (Å²) in [6.07, 6.45) is 0.414. The van der Waals surface area contributed by atoms with Crippen LogP contribution in [0, 0.1) is 18.6 Å². The number of sulfone groups is 1. The Kier molecular flexibility index (Phi) is 4.12. The van der Waals surface area contributed by atoms with Gasteiger partial charge in [0.25, 0.3) is 5.91 Å². The van der Waals surface area contributed by atoms with Crippen molar-refractivity contribution in [3.8, 4) is 0 Å². The van der Waals surface area contributed by atoms with Gasteiger partial charge in [0.15, 0.2) is 21.5 Å². The van der Waals surface area contributed by atoms with E-state index in [2.05, 4.69) is 10.4 Å². The highest BCUT2D eigenvalue weighted by Gasteiger charge is 2.31. The fourth-order valence-corrected chi connectivity index (χ4v) is 4.37. The number of nitrogens with zero attached hydrogens (tertiary/aromatic N) is 2. The summed E-state index contributed by atoms with van der Waals surface area (Å²) in [6.45, 7) is 1.72. The molecule has 1 N–H and O–H groups in total. The second kappa shape index (κ2) is 5.97. The van der Waals surface area contributed by atoms with Crippen molar-refractivity contribution in [2.24, 2.45) is 0 Å². The molecule has 0 saturated carbocycles. The van der Waals surface area contributed by atoms with Gasteiger partial charge in [-0.2, -0.15) is 5.10 Å². The Balaban J connectivity index is 1.85. The molecule has 1 amide bonds. The smallest absolute Gasteiger partial charge is 0.256 e. The third-order valence-corrected chi connectivity index (χ3v) is 5.59. The standard InChI is InChI=1S/C15H15F2N3O3S/c1-9-6-14(20(19-9)11-4-5-24(22,23)8-11)18-15(21)10-2-3-12(16)13(17)7-10/h2-3,6-7,11H,4-5,8H2,1H3,(H,18,21). The van der Waals surface area contributed by atoms with Gasteiger partial charge >= 0.3 is 0 Å². The van der Waals surface area contributed by atoms with Crippen LogP contribution in [-0.2, 0) is 9.84 Å². The Bertz CT molecular complexity index is 909. The van der Waals surface area contributed by atoms with Gasteiger partial charge in [0.1, 0.15) is 5.82 Å². The van der Waals surface area contributed by atoms with Crippen molar-refractivity contribution in [1.82, 2.24) is 9.78 Å². The lowest BCUT2D eigenvalue weighted by atomic mass is 10.2.